The largest absolute Gasteiger partial charge is 0.346 e. The molecular formula is C13H22N4O. The number of hydrogen-bond acceptors (Lipinski definition) is 3. The van der Waals surface area contributed by atoms with Crippen molar-refractivity contribution in [2.45, 2.75) is 39.3 Å². The van der Waals surface area contributed by atoms with E-state index in [1.165, 1.54) is 0 Å². The maximum Gasteiger partial charge on any atom is 0.272 e. The molecule has 1 fully saturated rings. The molecule has 1 aromatic heterocycles. The Morgan fingerprint density at radius 3 is 2.83 bits per heavy atom. The quantitative estimate of drug-likeness (QED) is 0.818. The zero-order valence-corrected chi connectivity index (χ0v) is 11.5. The van der Waals surface area contributed by atoms with Crippen molar-refractivity contribution in [1.82, 2.24) is 20.4 Å². The Morgan fingerprint density at radius 2 is 2.28 bits per heavy atom. The van der Waals surface area contributed by atoms with E-state index in [4.69, 9.17) is 0 Å². The normalized spacial score (nSPS) is 28.1. The van der Waals surface area contributed by atoms with Crippen molar-refractivity contribution in [2.24, 2.45) is 13.0 Å². The molecule has 0 spiro atoms. The number of amides is 1. The van der Waals surface area contributed by atoms with Gasteiger partial charge in [0.25, 0.3) is 5.91 Å². The molecule has 3 unspecified atom stereocenters. The monoisotopic (exact) mass is 250 g/mol. The molecule has 1 saturated heterocycles. The molecule has 2 N–H and O–H groups in total. The smallest absolute Gasteiger partial charge is 0.272 e. The SMILES string of the molecule is Cc1cc(C(=O)NC2C(C)CCNC2C)nn1C. The van der Waals surface area contributed by atoms with Crippen molar-refractivity contribution >= 4 is 5.91 Å². The predicted molar refractivity (Wildman–Crippen MR) is 70.4 cm³/mol. The molecule has 1 aliphatic heterocycles. The van der Waals surface area contributed by atoms with Gasteiger partial charge in [0.2, 0.25) is 0 Å². The van der Waals surface area contributed by atoms with E-state index in [9.17, 15) is 4.79 Å². The number of nitrogens with one attached hydrogen (secondary N) is 2. The lowest BCUT2D eigenvalue weighted by Crippen LogP contribution is -2.55. The molecule has 0 saturated carbocycles. The average molecular weight is 250 g/mol. The number of aromatic nitrogens is 2. The predicted octanol–water partition coefficient (Wildman–Crippen LogP) is 0.845. The lowest BCUT2D eigenvalue weighted by atomic mass is 9.89. The number of hydrogen-bond donors (Lipinski definition) is 2. The molecular weight excluding hydrogens is 228 g/mol. The van der Waals surface area contributed by atoms with Crippen LogP contribution in [0.3, 0.4) is 0 Å². The van der Waals surface area contributed by atoms with Crippen molar-refractivity contribution in [3.8, 4) is 0 Å². The topological polar surface area (TPSA) is 59.0 Å². The molecule has 5 heteroatoms. The minimum absolute atomic E-state index is 0.0777. The van der Waals surface area contributed by atoms with Gasteiger partial charge in [-0.1, -0.05) is 6.92 Å². The van der Waals surface area contributed by atoms with Crippen molar-refractivity contribution in [3.05, 3.63) is 17.5 Å². The van der Waals surface area contributed by atoms with Crippen LogP contribution in [0.5, 0.6) is 0 Å². The van der Waals surface area contributed by atoms with E-state index < -0.39 is 0 Å². The maximum atomic E-state index is 12.2. The lowest BCUT2D eigenvalue weighted by Gasteiger charge is -2.35. The van der Waals surface area contributed by atoms with Gasteiger partial charge in [-0.3, -0.25) is 9.48 Å². The van der Waals surface area contributed by atoms with Crippen molar-refractivity contribution in [1.29, 1.82) is 0 Å². The van der Waals surface area contributed by atoms with E-state index in [-0.39, 0.29) is 11.9 Å². The standard InChI is InChI=1S/C13H22N4O/c1-8-5-6-14-10(3)12(8)15-13(18)11-7-9(2)17(4)16-11/h7-8,10,12,14H,5-6H2,1-4H3,(H,15,18). The van der Waals surface area contributed by atoms with E-state index >= 15 is 0 Å². The van der Waals surface area contributed by atoms with Crippen LogP contribution in [0, 0.1) is 12.8 Å². The summed E-state index contributed by atoms with van der Waals surface area (Å²) in [4.78, 5) is 12.2. The molecule has 1 aromatic rings. The molecule has 1 aliphatic rings. The summed E-state index contributed by atoms with van der Waals surface area (Å²) in [7, 11) is 1.85. The van der Waals surface area contributed by atoms with E-state index in [2.05, 4.69) is 29.6 Å². The molecule has 18 heavy (non-hydrogen) atoms. The minimum atomic E-state index is -0.0777. The van der Waals surface area contributed by atoms with Gasteiger partial charge in [0.15, 0.2) is 0 Å². The fraction of sp³-hybridized carbons (Fsp3) is 0.692. The Bertz CT molecular complexity index is 411. The molecule has 100 valence electrons. The summed E-state index contributed by atoms with van der Waals surface area (Å²) >= 11 is 0. The first-order valence-corrected chi connectivity index (χ1v) is 6.54. The van der Waals surface area contributed by atoms with Crippen LogP contribution in [0.1, 0.15) is 36.5 Å². The average Bonchev–Trinajstić information content (AvgIpc) is 2.64. The van der Waals surface area contributed by atoms with Gasteiger partial charge in [0, 0.05) is 24.8 Å². The van der Waals surface area contributed by atoms with Crippen molar-refractivity contribution in [2.75, 3.05) is 6.54 Å². The Morgan fingerprint density at radius 1 is 1.56 bits per heavy atom. The zero-order chi connectivity index (χ0) is 13.3. The third-order valence-electron chi connectivity index (χ3n) is 3.86. The number of carbonyl (C=O) groups excluding carboxylic acids is 1. The molecule has 2 rings (SSSR count). The highest BCUT2D eigenvalue weighted by Crippen LogP contribution is 2.16. The molecule has 0 radical (unpaired) electrons. The van der Waals surface area contributed by atoms with Crippen molar-refractivity contribution < 1.29 is 4.79 Å². The van der Waals surface area contributed by atoms with Gasteiger partial charge in [0.1, 0.15) is 5.69 Å². The number of aryl methyl sites for hydroxylation is 2. The fourth-order valence-corrected chi connectivity index (χ4v) is 2.50. The first-order chi connectivity index (χ1) is 8.49. The van der Waals surface area contributed by atoms with E-state index in [1.54, 1.807) is 4.68 Å². The molecule has 0 aromatic carbocycles. The summed E-state index contributed by atoms with van der Waals surface area (Å²) in [6.45, 7) is 7.27. The summed E-state index contributed by atoms with van der Waals surface area (Å²) in [5, 5.41) is 10.7. The van der Waals surface area contributed by atoms with E-state index in [0.29, 0.717) is 17.7 Å². The van der Waals surface area contributed by atoms with Crippen LogP contribution in [-0.4, -0.2) is 34.3 Å². The van der Waals surface area contributed by atoms with Crippen LogP contribution >= 0.6 is 0 Å². The second-order valence-corrected chi connectivity index (χ2v) is 5.30. The van der Waals surface area contributed by atoms with Gasteiger partial charge in [-0.05, 0) is 38.8 Å². The number of rotatable bonds is 2. The van der Waals surface area contributed by atoms with Crippen LogP contribution in [0.4, 0.5) is 0 Å². The van der Waals surface area contributed by atoms with E-state index in [1.807, 2.05) is 20.0 Å². The van der Waals surface area contributed by atoms with Gasteiger partial charge in [-0.25, -0.2) is 0 Å². The Labute approximate surface area is 108 Å². The van der Waals surface area contributed by atoms with Gasteiger partial charge in [-0.2, -0.15) is 5.10 Å². The second kappa shape index (κ2) is 5.10. The van der Waals surface area contributed by atoms with Crippen molar-refractivity contribution in [3.63, 3.8) is 0 Å². The first kappa shape index (κ1) is 13.1. The Kier molecular flexibility index (Phi) is 3.71. The third-order valence-corrected chi connectivity index (χ3v) is 3.86. The highest BCUT2D eigenvalue weighted by atomic mass is 16.2. The molecule has 5 nitrogen and oxygen atoms in total. The van der Waals surface area contributed by atoms with Crippen LogP contribution in [0.2, 0.25) is 0 Å². The fourth-order valence-electron chi connectivity index (χ4n) is 2.50. The van der Waals surface area contributed by atoms with Crippen LogP contribution < -0.4 is 10.6 Å². The van der Waals surface area contributed by atoms with Gasteiger partial charge < -0.3 is 10.6 Å². The number of nitrogens with zero attached hydrogens (tertiary/aromatic N) is 2. The Hall–Kier alpha value is -1.36. The highest BCUT2D eigenvalue weighted by Gasteiger charge is 2.29. The summed E-state index contributed by atoms with van der Waals surface area (Å²) < 4.78 is 1.72. The molecule has 3 atom stereocenters. The van der Waals surface area contributed by atoms with Gasteiger partial charge >= 0.3 is 0 Å². The molecule has 0 aliphatic carbocycles. The van der Waals surface area contributed by atoms with E-state index in [0.717, 1.165) is 18.7 Å². The Balaban J connectivity index is 2.06. The number of carbonyl (C=O) groups is 1. The molecule has 1 amide bonds. The summed E-state index contributed by atoms with van der Waals surface area (Å²) in [6, 6.07) is 2.30. The first-order valence-electron chi connectivity index (χ1n) is 6.54. The summed E-state index contributed by atoms with van der Waals surface area (Å²) in [6.07, 6.45) is 1.09. The van der Waals surface area contributed by atoms with Crippen LogP contribution in [-0.2, 0) is 7.05 Å². The van der Waals surface area contributed by atoms with Gasteiger partial charge in [-0.15, -0.1) is 0 Å². The summed E-state index contributed by atoms with van der Waals surface area (Å²) in [5.74, 6) is 0.418. The van der Waals surface area contributed by atoms with Crippen LogP contribution in [0.15, 0.2) is 6.07 Å². The van der Waals surface area contributed by atoms with Crippen LogP contribution in [0.25, 0.3) is 0 Å². The maximum absolute atomic E-state index is 12.2. The molecule has 0 bridgehead atoms. The minimum Gasteiger partial charge on any atom is -0.346 e. The number of piperidine rings is 1. The van der Waals surface area contributed by atoms with Gasteiger partial charge in [0.05, 0.1) is 0 Å². The second-order valence-electron chi connectivity index (χ2n) is 5.30. The lowest BCUT2D eigenvalue weighted by molar-refractivity contribution is 0.0892. The zero-order valence-electron chi connectivity index (χ0n) is 11.5. The summed E-state index contributed by atoms with van der Waals surface area (Å²) in [5.41, 5.74) is 1.49. The molecule has 2 heterocycles. The third kappa shape index (κ3) is 2.56. The highest BCUT2D eigenvalue weighted by molar-refractivity contribution is 5.92.